The molecular weight excluding hydrogens is 317 g/mol. The lowest BCUT2D eigenvalue weighted by Crippen LogP contribution is -2.16. The maximum Gasteiger partial charge on any atom is 0.123 e. The van der Waals surface area contributed by atoms with Crippen LogP contribution in [-0.4, -0.2) is 10.8 Å². The van der Waals surface area contributed by atoms with E-state index in [2.05, 4.69) is 33.8 Å². The van der Waals surface area contributed by atoms with Gasteiger partial charge >= 0.3 is 0 Å². The molecule has 0 bridgehead atoms. The molecule has 0 atom stereocenters. The summed E-state index contributed by atoms with van der Waals surface area (Å²) in [4.78, 5) is 5.07. The molecule has 0 fully saturated rings. The number of nitrogens with zero attached hydrogens (tertiary/aromatic N) is 1. The smallest absolute Gasteiger partial charge is 0.123 e. The topological polar surface area (TPSA) is 12.4 Å². The van der Waals surface area contributed by atoms with Gasteiger partial charge in [-0.1, -0.05) is 44.9 Å². The Bertz CT molecular complexity index is 634. The van der Waals surface area contributed by atoms with E-state index in [1.165, 1.54) is 54.0 Å². The Morgan fingerprint density at radius 2 is 1.83 bits per heavy atom. The molecule has 1 aromatic rings. The Labute approximate surface area is 150 Å². The quantitative estimate of drug-likeness (QED) is 0.525. The van der Waals surface area contributed by atoms with Crippen molar-refractivity contribution in [2.24, 2.45) is 10.9 Å². The van der Waals surface area contributed by atoms with Gasteiger partial charge in [-0.25, -0.2) is 9.38 Å². The van der Waals surface area contributed by atoms with Gasteiger partial charge in [-0.3, -0.25) is 0 Å². The highest BCUT2D eigenvalue weighted by atomic mass is 32.2. The van der Waals surface area contributed by atoms with Gasteiger partial charge in [0, 0.05) is 11.7 Å². The molecule has 24 heavy (non-hydrogen) atoms. The monoisotopic (exact) mass is 345 g/mol. The van der Waals surface area contributed by atoms with Crippen molar-refractivity contribution in [1.82, 2.24) is 0 Å². The summed E-state index contributed by atoms with van der Waals surface area (Å²) in [6.07, 6.45) is 6.90. The van der Waals surface area contributed by atoms with E-state index in [4.69, 9.17) is 4.99 Å². The molecule has 1 aliphatic heterocycles. The summed E-state index contributed by atoms with van der Waals surface area (Å²) in [6.45, 7) is 8.66. The zero-order chi connectivity index (χ0) is 17.5. The minimum Gasteiger partial charge on any atom is -0.246 e. The number of hydrogen-bond donors (Lipinski definition) is 0. The summed E-state index contributed by atoms with van der Waals surface area (Å²) < 4.78 is 13.3. The van der Waals surface area contributed by atoms with Gasteiger partial charge in [-0.2, -0.15) is 0 Å². The van der Waals surface area contributed by atoms with Gasteiger partial charge in [0.05, 0.1) is 10.7 Å². The first-order valence-corrected chi connectivity index (χ1v) is 9.92. The van der Waals surface area contributed by atoms with Gasteiger partial charge in [0.25, 0.3) is 0 Å². The fraction of sp³-hybridized carbons (Fsp3) is 0.476. The molecule has 0 radical (unpaired) electrons. The normalized spacial score (nSPS) is 15.9. The maximum absolute atomic E-state index is 13.3. The second kappa shape index (κ2) is 9.22. The molecule has 0 saturated heterocycles. The molecule has 0 saturated carbocycles. The molecule has 0 amide bonds. The summed E-state index contributed by atoms with van der Waals surface area (Å²) in [6, 6.07) is 6.80. The Balaban J connectivity index is 2.45. The lowest BCUT2D eigenvalue weighted by atomic mass is 9.98. The molecule has 0 aromatic heterocycles. The minimum atomic E-state index is -0.192. The van der Waals surface area contributed by atoms with Crippen molar-refractivity contribution in [1.29, 1.82) is 0 Å². The van der Waals surface area contributed by atoms with Gasteiger partial charge in [-0.05, 0) is 55.5 Å². The predicted molar refractivity (Wildman–Crippen MR) is 106 cm³/mol. The molecule has 0 aliphatic carbocycles. The number of allylic oxidation sites excluding steroid dienone is 2. The third-order valence-electron chi connectivity index (χ3n) is 4.49. The van der Waals surface area contributed by atoms with Crippen LogP contribution in [0.5, 0.6) is 0 Å². The van der Waals surface area contributed by atoms with Crippen molar-refractivity contribution in [3.05, 3.63) is 53.0 Å². The maximum atomic E-state index is 13.3. The lowest BCUT2D eigenvalue weighted by molar-refractivity contribution is 0.564. The first-order chi connectivity index (χ1) is 11.6. The minimum absolute atomic E-state index is 0.192. The van der Waals surface area contributed by atoms with Crippen molar-refractivity contribution in [2.45, 2.75) is 53.4 Å². The Hall–Kier alpha value is -1.35. The Morgan fingerprint density at radius 3 is 2.38 bits per heavy atom. The Kier molecular flexibility index (Phi) is 7.29. The third kappa shape index (κ3) is 4.60. The second-order valence-electron chi connectivity index (χ2n) is 6.32. The van der Waals surface area contributed by atoms with Crippen LogP contribution in [0.15, 0.2) is 46.6 Å². The first kappa shape index (κ1) is 19.0. The van der Waals surface area contributed by atoms with Crippen molar-refractivity contribution >= 4 is 22.4 Å². The number of aliphatic imine (C=N–C) groups is 1. The van der Waals surface area contributed by atoms with E-state index < -0.39 is 0 Å². The van der Waals surface area contributed by atoms with Crippen molar-refractivity contribution in [3.8, 4) is 0 Å². The first-order valence-electron chi connectivity index (χ1n) is 8.94. The van der Waals surface area contributed by atoms with Gasteiger partial charge in [-0.15, -0.1) is 11.8 Å². The third-order valence-corrected chi connectivity index (χ3v) is 5.65. The number of benzene rings is 1. The van der Waals surface area contributed by atoms with Gasteiger partial charge in [0.1, 0.15) is 5.82 Å². The molecule has 2 rings (SSSR count). The molecule has 1 nitrogen and oxygen atoms in total. The van der Waals surface area contributed by atoms with E-state index in [0.29, 0.717) is 5.92 Å². The number of thioether (sulfide) groups is 1. The van der Waals surface area contributed by atoms with E-state index >= 15 is 0 Å². The second-order valence-corrected chi connectivity index (χ2v) is 7.31. The highest BCUT2D eigenvalue weighted by molar-refractivity contribution is 8.14. The van der Waals surface area contributed by atoms with Crippen molar-refractivity contribution < 1.29 is 4.39 Å². The molecule has 3 heteroatoms. The Morgan fingerprint density at radius 1 is 1.21 bits per heavy atom. The van der Waals surface area contributed by atoms with Crippen molar-refractivity contribution in [3.63, 3.8) is 0 Å². The zero-order valence-electron chi connectivity index (χ0n) is 15.2. The van der Waals surface area contributed by atoms with Crippen LogP contribution in [-0.2, 0) is 0 Å². The molecule has 1 aliphatic rings. The van der Waals surface area contributed by atoms with E-state index in [-0.39, 0.29) is 5.82 Å². The average Bonchev–Trinajstić information content (AvgIpc) is 2.61. The van der Waals surface area contributed by atoms with Crippen LogP contribution in [0.3, 0.4) is 0 Å². The van der Waals surface area contributed by atoms with E-state index in [0.717, 1.165) is 17.0 Å². The largest absolute Gasteiger partial charge is 0.246 e. The summed E-state index contributed by atoms with van der Waals surface area (Å²) in [5.74, 6) is 1.29. The SMILES string of the molecule is C/C=C(\C)C1=C(c2ccc(F)cc2)CSC(C(CCC)CCC)=N1. The standard InChI is InChI=1S/C21H28FNS/c1-5-8-17(9-6-2)21-23-20(15(4)7-3)19(14-24-21)16-10-12-18(22)13-11-16/h7,10-13,17H,5-6,8-9,14H2,1-4H3/b15-7+. The predicted octanol–water partition coefficient (Wildman–Crippen LogP) is 6.86. The van der Waals surface area contributed by atoms with E-state index in [9.17, 15) is 4.39 Å². The summed E-state index contributed by atoms with van der Waals surface area (Å²) in [5.41, 5.74) is 4.56. The summed E-state index contributed by atoms with van der Waals surface area (Å²) in [7, 11) is 0. The van der Waals surface area contributed by atoms with Crippen LogP contribution in [0.4, 0.5) is 4.39 Å². The molecule has 1 aromatic carbocycles. The van der Waals surface area contributed by atoms with Gasteiger partial charge in [0.2, 0.25) is 0 Å². The van der Waals surface area contributed by atoms with Crippen molar-refractivity contribution in [2.75, 3.05) is 5.75 Å². The van der Waals surface area contributed by atoms with Crippen LogP contribution in [0, 0.1) is 11.7 Å². The van der Waals surface area contributed by atoms with Crippen LogP contribution < -0.4 is 0 Å². The fourth-order valence-corrected chi connectivity index (χ4v) is 4.28. The van der Waals surface area contributed by atoms with Gasteiger partial charge < -0.3 is 0 Å². The molecule has 1 heterocycles. The molecular formula is C21H28FNS. The van der Waals surface area contributed by atoms with Crippen LogP contribution in [0.25, 0.3) is 5.57 Å². The number of rotatable bonds is 7. The molecule has 0 unspecified atom stereocenters. The van der Waals surface area contributed by atoms with Gasteiger partial charge in [0.15, 0.2) is 0 Å². The number of hydrogen-bond acceptors (Lipinski definition) is 2. The lowest BCUT2D eigenvalue weighted by Gasteiger charge is -2.25. The van der Waals surface area contributed by atoms with E-state index in [1.807, 2.05) is 23.9 Å². The summed E-state index contributed by atoms with van der Waals surface area (Å²) in [5, 5.41) is 1.28. The van der Waals surface area contributed by atoms with E-state index in [1.54, 1.807) is 0 Å². The molecule has 0 N–H and O–H groups in total. The van der Waals surface area contributed by atoms with Crippen LogP contribution in [0.2, 0.25) is 0 Å². The van der Waals surface area contributed by atoms with Crippen LogP contribution in [0.1, 0.15) is 58.9 Å². The highest BCUT2D eigenvalue weighted by Gasteiger charge is 2.23. The summed E-state index contributed by atoms with van der Waals surface area (Å²) >= 11 is 1.86. The highest BCUT2D eigenvalue weighted by Crippen LogP contribution is 2.37. The molecule has 130 valence electrons. The zero-order valence-corrected chi connectivity index (χ0v) is 16.0. The van der Waals surface area contributed by atoms with Crippen LogP contribution >= 0.6 is 11.8 Å². The fourth-order valence-electron chi connectivity index (χ4n) is 3.06. The average molecular weight is 346 g/mol. The molecule has 0 spiro atoms. The number of halogens is 1.